The summed E-state index contributed by atoms with van der Waals surface area (Å²) in [5.74, 6) is 1.49. The predicted octanol–water partition coefficient (Wildman–Crippen LogP) is 2.27. The molecule has 2 aliphatic rings. The van der Waals surface area contributed by atoms with Gasteiger partial charge in [-0.1, -0.05) is 18.2 Å². The molecule has 2 heterocycles. The zero-order chi connectivity index (χ0) is 22.1. The standard InChI is InChI=1S/C21H29NO7S2/c1-14(23)22-17(21-30-9-6-10-31-21)19-18(28-13-29-19)16(27-12-25-2)11-26-20(24)15-7-4-3-5-8-15/h3-5,7-8,16-19,21H,6,9-13H2,1-2H3,(H,22,23)/t16-,17-,18-,19-/m1/s1. The first-order valence-corrected chi connectivity index (χ1v) is 12.3. The Morgan fingerprint density at radius 1 is 1.16 bits per heavy atom. The highest BCUT2D eigenvalue weighted by molar-refractivity contribution is 8.17. The van der Waals surface area contributed by atoms with Gasteiger partial charge in [-0.3, -0.25) is 4.79 Å². The molecule has 31 heavy (non-hydrogen) atoms. The van der Waals surface area contributed by atoms with E-state index in [0.717, 1.165) is 17.9 Å². The summed E-state index contributed by atoms with van der Waals surface area (Å²) < 4.78 is 28.3. The van der Waals surface area contributed by atoms with Gasteiger partial charge in [-0.05, 0) is 30.1 Å². The van der Waals surface area contributed by atoms with Crippen LogP contribution in [-0.4, -0.2) is 79.6 Å². The minimum Gasteiger partial charge on any atom is -0.459 e. The second-order valence-electron chi connectivity index (χ2n) is 7.15. The highest BCUT2D eigenvalue weighted by Gasteiger charge is 2.45. The molecular formula is C21H29NO7S2. The SMILES string of the molecule is COCO[C@H](COC(=O)c1ccccc1)[C@H]1OCO[C@@H]1[C@@H](NC(C)=O)C1SCCCS1. The fourth-order valence-corrected chi connectivity index (χ4v) is 6.57. The summed E-state index contributed by atoms with van der Waals surface area (Å²) in [5.41, 5.74) is 0.458. The second-order valence-corrected chi connectivity index (χ2v) is 9.94. The van der Waals surface area contributed by atoms with Crippen molar-refractivity contribution in [3.05, 3.63) is 35.9 Å². The minimum absolute atomic E-state index is 0.0118. The molecule has 2 fully saturated rings. The number of esters is 1. The van der Waals surface area contributed by atoms with E-state index in [4.69, 9.17) is 23.7 Å². The molecule has 0 aromatic heterocycles. The van der Waals surface area contributed by atoms with E-state index in [1.807, 2.05) is 29.6 Å². The second kappa shape index (κ2) is 12.7. The van der Waals surface area contributed by atoms with Crippen LogP contribution in [0.3, 0.4) is 0 Å². The molecule has 2 saturated heterocycles. The summed E-state index contributed by atoms with van der Waals surface area (Å²) in [7, 11) is 1.52. The zero-order valence-electron chi connectivity index (χ0n) is 17.7. The van der Waals surface area contributed by atoms with Gasteiger partial charge in [0.15, 0.2) is 0 Å². The Bertz CT molecular complexity index is 702. The van der Waals surface area contributed by atoms with Crippen molar-refractivity contribution in [1.29, 1.82) is 0 Å². The van der Waals surface area contributed by atoms with E-state index in [2.05, 4.69) is 5.32 Å². The molecule has 0 unspecified atom stereocenters. The van der Waals surface area contributed by atoms with Gasteiger partial charge in [0, 0.05) is 14.0 Å². The number of benzene rings is 1. The van der Waals surface area contributed by atoms with Crippen molar-refractivity contribution in [2.75, 3.05) is 38.8 Å². The molecule has 1 aromatic rings. The van der Waals surface area contributed by atoms with Gasteiger partial charge < -0.3 is 29.0 Å². The number of carbonyl (C=O) groups excluding carboxylic acids is 2. The Labute approximate surface area is 191 Å². The lowest BCUT2D eigenvalue weighted by molar-refractivity contribution is -0.136. The molecule has 0 spiro atoms. The van der Waals surface area contributed by atoms with Crippen LogP contribution < -0.4 is 5.32 Å². The van der Waals surface area contributed by atoms with Crippen LogP contribution >= 0.6 is 23.5 Å². The van der Waals surface area contributed by atoms with Gasteiger partial charge in [0.2, 0.25) is 5.91 Å². The van der Waals surface area contributed by atoms with E-state index in [1.54, 1.807) is 24.3 Å². The van der Waals surface area contributed by atoms with Gasteiger partial charge in [0.1, 0.15) is 38.5 Å². The average molecular weight is 472 g/mol. The van der Waals surface area contributed by atoms with Gasteiger partial charge in [0.05, 0.1) is 16.2 Å². The van der Waals surface area contributed by atoms with E-state index in [1.165, 1.54) is 14.0 Å². The first-order chi connectivity index (χ1) is 15.1. The topological polar surface area (TPSA) is 92.3 Å². The molecule has 3 rings (SSSR count). The summed E-state index contributed by atoms with van der Waals surface area (Å²) in [6.07, 6.45) is -0.447. The maximum absolute atomic E-state index is 12.4. The van der Waals surface area contributed by atoms with Crippen LogP contribution in [0, 0.1) is 0 Å². The van der Waals surface area contributed by atoms with Crippen molar-refractivity contribution in [1.82, 2.24) is 5.32 Å². The minimum atomic E-state index is -0.616. The van der Waals surface area contributed by atoms with Gasteiger partial charge in [-0.25, -0.2) is 4.79 Å². The number of nitrogens with one attached hydrogen (secondary N) is 1. The third-order valence-corrected chi connectivity index (χ3v) is 7.98. The number of carbonyl (C=O) groups is 2. The normalized spacial score (nSPS) is 23.8. The predicted molar refractivity (Wildman–Crippen MR) is 119 cm³/mol. The zero-order valence-corrected chi connectivity index (χ0v) is 19.3. The smallest absolute Gasteiger partial charge is 0.338 e. The van der Waals surface area contributed by atoms with Crippen LogP contribution in [-0.2, 0) is 28.5 Å². The van der Waals surface area contributed by atoms with Gasteiger partial charge in [0.25, 0.3) is 0 Å². The fraction of sp³-hybridized carbons (Fsp3) is 0.619. The number of methoxy groups -OCH3 is 1. The van der Waals surface area contributed by atoms with E-state index in [0.29, 0.717) is 5.56 Å². The molecule has 2 aliphatic heterocycles. The van der Waals surface area contributed by atoms with Crippen LogP contribution in [0.1, 0.15) is 23.7 Å². The number of thioether (sulfide) groups is 2. The monoisotopic (exact) mass is 471 g/mol. The van der Waals surface area contributed by atoms with Crippen molar-refractivity contribution in [3.8, 4) is 0 Å². The summed E-state index contributed by atoms with van der Waals surface area (Å²) in [6.45, 7) is 1.56. The van der Waals surface area contributed by atoms with E-state index in [-0.39, 0.29) is 36.7 Å². The molecule has 0 radical (unpaired) electrons. The molecule has 0 bridgehead atoms. The molecule has 4 atom stereocenters. The number of rotatable bonds is 10. The molecule has 10 heteroatoms. The number of amides is 1. The highest BCUT2D eigenvalue weighted by Crippen LogP contribution is 2.37. The van der Waals surface area contributed by atoms with E-state index in [9.17, 15) is 9.59 Å². The lowest BCUT2D eigenvalue weighted by atomic mass is 10.0. The maximum atomic E-state index is 12.4. The Kier molecular flexibility index (Phi) is 9.95. The van der Waals surface area contributed by atoms with Crippen LogP contribution in [0.4, 0.5) is 0 Å². The third-order valence-electron chi connectivity index (χ3n) is 4.87. The number of hydrogen-bond acceptors (Lipinski definition) is 9. The molecule has 1 aromatic carbocycles. The molecule has 172 valence electrons. The van der Waals surface area contributed by atoms with Gasteiger partial charge in [-0.2, -0.15) is 0 Å². The van der Waals surface area contributed by atoms with Gasteiger partial charge >= 0.3 is 5.97 Å². The molecular weight excluding hydrogens is 442 g/mol. The summed E-state index contributed by atoms with van der Waals surface area (Å²) in [6, 6.07) is 8.50. The lowest BCUT2D eigenvalue weighted by Gasteiger charge is -2.36. The summed E-state index contributed by atoms with van der Waals surface area (Å²) in [4.78, 5) is 24.3. The van der Waals surface area contributed by atoms with Crippen LogP contribution in [0.5, 0.6) is 0 Å². The first-order valence-electron chi connectivity index (χ1n) is 10.2. The van der Waals surface area contributed by atoms with Crippen molar-refractivity contribution in [2.45, 2.75) is 42.3 Å². The molecule has 0 aliphatic carbocycles. The third kappa shape index (κ3) is 7.10. The van der Waals surface area contributed by atoms with Crippen molar-refractivity contribution in [2.24, 2.45) is 0 Å². The first kappa shape index (κ1) is 24.3. The van der Waals surface area contributed by atoms with Crippen molar-refractivity contribution < 1.29 is 33.3 Å². The van der Waals surface area contributed by atoms with E-state index >= 15 is 0 Å². The number of ether oxygens (including phenoxy) is 5. The maximum Gasteiger partial charge on any atom is 0.338 e. The van der Waals surface area contributed by atoms with Crippen molar-refractivity contribution >= 4 is 35.4 Å². The van der Waals surface area contributed by atoms with Gasteiger partial charge in [-0.15, -0.1) is 23.5 Å². The number of hydrogen-bond donors (Lipinski definition) is 1. The Balaban J connectivity index is 1.71. The Hall–Kier alpha value is -1.30. The van der Waals surface area contributed by atoms with Crippen molar-refractivity contribution in [3.63, 3.8) is 0 Å². The van der Waals surface area contributed by atoms with Crippen LogP contribution in [0.2, 0.25) is 0 Å². The Morgan fingerprint density at radius 3 is 2.55 bits per heavy atom. The van der Waals surface area contributed by atoms with Crippen LogP contribution in [0.15, 0.2) is 30.3 Å². The summed E-state index contributed by atoms with van der Waals surface area (Å²) >= 11 is 3.62. The molecule has 1 N–H and O–H groups in total. The molecule has 1 amide bonds. The van der Waals surface area contributed by atoms with E-state index < -0.39 is 24.3 Å². The molecule has 0 saturated carbocycles. The highest BCUT2D eigenvalue weighted by atomic mass is 32.2. The Morgan fingerprint density at radius 2 is 1.87 bits per heavy atom. The molecule has 8 nitrogen and oxygen atoms in total. The lowest BCUT2D eigenvalue weighted by Crippen LogP contribution is -2.55. The average Bonchev–Trinajstić information content (AvgIpc) is 3.28. The van der Waals surface area contributed by atoms with Crippen LogP contribution in [0.25, 0.3) is 0 Å². The largest absolute Gasteiger partial charge is 0.459 e. The quantitative estimate of drug-likeness (QED) is 0.407. The summed E-state index contributed by atoms with van der Waals surface area (Å²) in [5, 5.41) is 3.04. The fourth-order valence-electron chi connectivity index (χ4n) is 3.47.